The van der Waals surface area contributed by atoms with Gasteiger partial charge in [0.1, 0.15) is 12.2 Å². The molecule has 0 saturated carbocycles. The standard InChI is InChI=1S/C10H14N6O3/c1-12-9(17)6-3-2-4-15(6)8-7(16(18)19)5-13-10(11)14-8/h5-6H,2-4H2,1H3,(H,12,17)(H2,11,13,14). The van der Waals surface area contributed by atoms with E-state index in [9.17, 15) is 14.9 Å². The summed E-state index contributed by atoms with van der Waals surface area (Å²) in [6.07, 6.45) is 2.46. The van der Waals surface area contributed by atoms with Crippen molar-refractivity contribution >= 4 is 23.4 Å². The molecule has 0 aromatic carbocycles. The quantitative estimate of drug-likeness (QED) is 0.567. The van der Waals surface area contributed by atoms with Crippen LogP contribution < -0.4 is 16.0 Å². The van der Waals surface area contributed by atoms with Gasteiger partial charge in [-0.25, -0.2) is 4.98 Å². The molecule has 9 nitrogen and oxygen atoms in total. The van der Waals surface area contributed by atoms with Gasteiger partial charge in [0.2, 0.25) is 17.7 Å². The van der Waals surface area contributed by atoms with Crippen molar-refractivity contribution < 1.29 is 9.72 Å². The lowest BCUT2D eigenvalue weighted by molar-refractivity contribution is -0.384. The SMILES string of the molecule is CNC(=O)C1CCCN1c1nc(N)ncc1[N+](=O)[O-]. The number of aromatic nitrogens is 2. The zero-order valence-electron chi connectivity index (χ0n) is 10.4. The summed E-state index contributed by atoms with van der Waals surface area (Å²) in [5, 5.41) is 13.5. The number of nitrogens with two attached hydrogens (primary N) is 1. The van der Waals surface area contributed by atoms with Crippen molar-refractivity contribution in [1.29, 1.82) is 0 Å². The average molecular weight is 266 g/mol. The molecule has 9 heteroatoms. The van der Waals surface area contributed by atoms with Crippen LogP contribution in [-0.4, -0.2) is 40.4 Å². The lowest BCUT2D eigenvalue weighted by atomic mass is 10.2. The number of nitrogen functional groups attached to an aromatic ring is 1. The molecule has 3 N–H and O–H groups in total. The molecule has 2 heterocycles. The van der Waals surface area contributed by atoms with Gasteiger partial charge < -0.3 is 16.0 Å². The molecule has 19 heavy (non-hydrogen) atoms. The Balaban J connectivity index is 2.42. The first kappa shape index (κ1) is 13.0. The lowest BCUT2D eigenvalue weighted by Gasteiger charge is -2.23. The Bertz CT molecular complexity index is 520. The summed E-state index contributed by atoms with van der Waals surface area (Å²) in [5.41, 5.74) is 5.23. The molecule has 0 spiro atoms. The van der Waals surface area contributed by atoms with Gasteiger partial charge in [-0.2, -0.15) is 4.98 Å². The third-order valence-electron chi connectivity index (χ3n) is 3.04. The number of anilines is 2. The van der Waals surface area contributed by atoms with E-state index in [0.717, 1.165) is 12.6 Å². The fourth-order valence-electron chi connectivity index (χ4n) is 2.18. The van der Waals surface area contributed by atoms with Gasteiger partial charge in [0, 0.05) is 13.6 Å². The summed E-state index contributed by atoms with van der Waals surface area (Å²) >= 11 is 0. The number of likely N-dealkylation sites (N-methyl/N-ethyl adjacent to an activating group) is 1. The molecular formula is C10H14N6O3. The number of rotatable bonds is 3. The van der Waals surface area contributed by atoms with Crippen molar-refractivity contribution in [2.45, 2.75) is 18.9 Å². The molecule has 1 fully saturated rings. The smallest absolute Gasteiger partial charge is 0.329 e. The predicted molar refractivity (Wildman–Crippen MR) is 67.5 cm³/mol. The maximum Gasteiger partial charge on any atom is 0.329 e. The van der Waals surface area contributed by atoms with Crippen LogP contribution in [-0.2, 0) is 4.79 Å². The minimum absolute atomic E-state index is 0.0526. The van der Waals surface area contributed by atoms with Gasteiger partial charge in [0.25, 0.3) is 0 Å². The fraction of sp³-hybridized carbons (Fsp3) is 0.500. The largest absolute Gasteiger partial charge is 0.368 e. The summed E-state index contributed by atoms with van der Waals surface area (Å²) in [6, 6.07) is -0.460. The van der Waals surface area contributed by atoms with Crippen LogP contribution in [0.1, 0.15) is 12.8 Å². The summed E-state index contributed by atoms with van der Waals surface area (Å²) < 4.78 is 0. The molecule has 1 aliphatic heterocycles. The summed E-state index contributed by atoms with van der Waals surface area (Å²) in [6.45, 7) is 0.523. The normalized spacial score (nSPS) is 18.4. The summed E-state index contributed by atoms with van der Waals surface area (Å²) in [4.78, 5) is 31.3. The van der Waals surface area contributed by atoms with E-state index in [4.69, 9.17) is 5.73 Å². The highest BCUT2D eigenvalue weighted by molar-refractivity contribution is 5.86. The third kappa shape index (κ3) is 2.39. The number of carbonyl (C=O) groups is 1. The predicted octanol–water partition coefficient (Wildman–Crippen LogP) is -0.318. The first-order valence-corrected chi connectivity index (χ1v) is 5.79. The molecule has 1 amide bonds. The molecule has 1 aromatic rings. The molecule has 1 aliphatic rings. The number of hydrogen-bond acceptors (Lipinski definition) is 7. The highest BCUT2D eigenvalue weighted by Crippen LogP contribution is 2.31. The maximum atomic E-state index is 11.8. The number of amides is 1. The van der Waals surface area contributed by atoms with Crippen LogP contribution in [0.5, 0.6) is 0 Å². The van der Waals surface area contributed by atoms with E-state index in [0.29, 0.717) is 13.0 Å². The molecule has 1 atom stereocenters. The van der Waals surface area contributed by atoms with Crippen LogP contribution in [0.3, 0.4) is 0 Å². The van der Waals surface area contributed by atoms with Gasteiger partial charge in [0.15, 0.2) is 0 Å². The molecule has 0 radical (unpaired) electrons. The van der Waals surface area contributed by atoms with Gasteiger partial charge in [-0.05, 0) is 12.8 Å². The minimum Gasteiger partial charge on any atom is -0.368 e. The van der Waals surface area contributed by atoms with Crippen molar-refractivity contribution in [3.05, 3.63) is 16.3 Å². The zero-order valence-corrected chi connectivity index (χ0v) is 10.4. The van der Waals surface area contributed by atoms with E-state index in [-0.39, 0.29) is 23.4 Å². The monoisotopic (exact) mass is 266 g/mol. The van der Waals surface area contributed by atoms with E-state index in [1.165, 1.54) is 7.05 Å². The Morgan fingerprint density at radius 3 is 3.05 bits per heavy atom. The number of nitrogens with one attached hydrogen (secondary N) is 1. The number of hydrogen-bond donors (Lipinski definition) is 2. The number of nitro groups is 1. The van der Waals surface area contributed by atoms with E-state index >= 15 is 0 Å². The number of carbonyl (C=O) groups excluding carboxylic acids is 1. The Hall–Kier alpha value is -2.45. The van der Waals surface area contributed by atoms with E-state index in [1.807, 2.05) is 0 Å². The second kappa shape index (κ2) is 5.04. The Labute approximate surface area is 109 Å². The van der Waals surface area contributed by atoms with E-state index in [2.05, 4.69) is 15.3 Å². The summed E-state index contributed by atoms with van der Waals surface area (Å²) in [7, 11) is 1.53. The first-order chi connectivity index (χ1) is 9.04. The van der Waals surface area contributed by atoms with Gasteiger partial charge >= 0.3 is 5.69 Å². The number of nitrogens with zero attached hydrogens (tertiary/aromatic N) is 4. The zero-order chi connectivity index (χ0) is 14.0. The van der Waals surface area contributed by atoms with E-state index in [1.54, 1.807) is 4.90 Å². The van der Waals surface area contributed by atoms with Crippen molar-refractivity contribution in [2.75, 3.05) is 24.2 Å². The van der Waals surface area contributed by atoms with Crippen molar-refractivity contribution in [3.8, 4) is 0 Å². The molecule has 1 aromatic heterocycles. The van der Waals surface area contributed by atoms with Crippen LogP contribution in [0.25, 0.3) is 0 Å². The van der Waals surface area contributed by atoms with Crippen LogP contribution in [0.15, 0.2) is 6.20 Å². The lowest BCUT2D eigenvalue weighted by Crippen LogP contribution is -2.42. The Kier molecular flexibility index (Phi) is 3.45. The summed E-state index contributed by atoms with van der Waals surface area (Å²) in [5.74, 6) is -0.143. The van der Waals surface area contributed by atoms with Crippen LogP contribution in [0, 0.1) is 10.1 Å². The second-order valence-corrected chi connectivity index (χ2v) is 4.16. The fourth-order valence-corrected chi connectivity index (χ4v) is 2.18. The van der Waals surface area contributed by atoms with Gasteiger partial charge in [-0.3, -0.25) is 14.9 Å². The second-order valence-electron chi connectivity index (χ2n) is 4.16. The average Bonchev–Trinajstić information content (AvgIpc) is 2.86. The molecular weight excluding hydrogens is 252 g/mol. The van der Waals surface area contributed by atoms with Crippen LogP contribution in [0.2, 0.25) is 0 Å². The highest BCUT2D eigenvalue weighted by Gasteiger charge is 2.35. The molecule has 102 valence electrons. The van der Waals surface area contributed by atoms with Crippen LogP contribution >= 0.6 is 0 Å². The Morgan fingerprint density at radius 1 is 1.68 bits per heavy atom. The Morgan fingerprint density at radius 2 is 2.42 bits per heavy atom. The van der Waals surface area contributed by atoms with Crippen molar-refractivity contribution in [1.82, 2.24) is 15.3 Å². The van der Waals surface area contributed by atoms with Gasteiger partial charge in [-0.15, -0.1) is 0 Å². The third-order valence-corrected chi connectivity index (χ3v) is 3.04. The minimum atomic E-state index is -0.575. The molecule has 1 saturated heterocycles. The van der Waals surface area contributed by atoms with Gasteiger partial charge in [-0.1, -0.05) is 0 Å². The van der Waals surface area contributed by atoms with Crippen LogP contribution in [0.4, 0.5) is 17.5 Å². The molecule has 1 unspecified atom stereocenters. The van der Waals surface area contributed by atoms with E-state index < -0.39 is 11.0 Å². The molecule has 2 rings (SSSR count). The molecule has 0 aliphatic carbocycles. The topological polar surface area (TPSA) is 127 Å². The molecule has 0 bridgehead atoms. The van der Waals surface area contributed by atoms with Crippen molar-refractivity contribution in [2.24, 2.45) is 0 Å². The van der Waals surface area contributed by atoms with Crippen molar-refractivity contribution in [3.63, 3.8) is 0 Å². The van der Waals surface area contributed by atoms with Gasteiger partial charge in [0.05, 0.1) is 4.92 Å². The first-order valence-electron chi connectivity index (χ1n) is 5.79. The maximum absolute atomic E-state index is 11.8. The highest BCUT2D eigenvalue weighted by atomic mass is 16.6.